The number of amides is 1. The second kappa shape index (κ2) is 11.0. The van der Waals surface area contributed by atoms with Crippen molar-refractivity contribution in [3.05, 3.63) is 29.8 Å². The first-order chi connectivity index (χ1) is 15.7. The predicted molar refractivity (Wildman–Crippen MR) is 134 cm³/mol. The predicted octanol–water partition coefficient (Wildman–Crippen LogP) is 6.18. The number of carbonyl (C=O) groups is 1. The quantitative estimate of drug-likeness (QED) is 0.595. The zero-order valence-electron chi connectivity index (χ0n) is 20.6. The molecular weight excluding hydrogens is 394 g/mol. The third kappa shape index (κ3) is 5.00. The first kappa shape index (κ1) is 23.6. The minimum absolute atomic E-state index is 0.128. The van der Waals surface area contributed by atoms with Crippen molar-refractivity contribution in [2.24, 2.45) is 0 Å². The first-order valence-electron chi connectivity index (χ1n) is 13.6. The Labute approximate surface area is 196 Å². The third-order valence-electron chi connectivity index (χ3n) is 8.42. The Kier molecular flexibility index (Phi) is 8.15. The number of piperidine rings is 1. The Bertz CT molecular complexity index is 730. The normalized spacial score (nSPS) is 25.8. The van der Waals surface area contributed by atoms with Gasteiger partial charge in [-0.15, -0.1) is 0 Å². The second-order valence-corrected chi connectivity index (χ2v) is 10.6. The number of anilines is 1. The number of likely N-dealkylation sites (tertiary alicyclic amines) is 1. The average Bonchev–Trinajstić information content (AvgIpc) is 3.07. The molecule has 4 nitrogen and oxygen atoms in total. The largest absolute Gasteiger partial charge is 0.336 e. The van der Waals surface area contributed by atoms with Gasteiger partial charge in [0.25, 0.3) is 0 Å². The van der Waals surface area contributed by atoms with Crippen LogP contribution in [0, 0.1) is 6.92 Å². The molecule has 4 rings (SSSR count). The summed E-state index contributed by atoms with van der Waals surface area (Å²) in [7, 11) is 0. The van der Waals surface area contributed by atoms with Crippen LogP contribution in [0.5, 0.6) is 0 Å². The van der Waals surface area contributed by atoms with Gasteiger partial charge in [0.15, 0.2) is 0 Å². The fourth-order valence-corrected chi connectivity index (χ4v) is 6.47. The molecule has 178 valence electrons. The minimum Gasteiger partial charge on any atom is -0.336 e. The monoisotopic (exact) mass is 439 g/mol. The molecule has 0 radical (unpaired) electrons. The van der Waals surface area contributed by atoms with E-state index < -0.39 is 0 Å². The van der Waals surface area contributed by atoms with Gasteiger partial charge in [-0.25, -0.2) is 0 Å². The summed E-state index contributed by atoms with van der Waals surface area (Å²) in [4.78, 5) is 18.8. The smallest absolute Gasteiger partial charge is 0.247 e. The fraction of sp³-hybridized carbons (Fsp3) is 0.750. The molecule has 2 heterocycles. The van der Waals surface area contributed by atoms with Crippen LogP contribution in [-0.4, -0.2) is 41.6 Å². The summed E-state index contributed by atoms with van der Waals surface area (Å²) in [6, 6.07) is 9.38. The van der Waals surface area contributed by atoms with Gasteiger partial charge >= 0.3 is 0 Å². The van der Waals surface area contributed by atoms with Gasteiger partial charge in [0, 0.05) is 24.8 Å². The number of para-hydroxylation sites is 1. The summed E-state index contributed by atoms with van der Waals surface area (Å²) in [6.07, 6.45) is 17.9. The summed E-state index contributed by atoms with van der Waals surface area (Å²) >= 11 is 0. The summed E-state index contributed by atoms with van der Waals surface area (Å²) < 4.78 is 0. The van der Waals surface area contributed by atoms with E-state index in [1.807, 2.05) is 0 Å². The molecule has 1 saturated carbocycles. The number of aryl methyl sites for hydroxylation is 1. The van der Waals surface area contributed by atoms with Crippen LogP contribution >= 0.6 is 0 Å². The number of nitrogens with zero attached hydrogens (tertiary/aromatic N) is 2. The summed E-state index contributed by atoms with van der Waals surface area (Å²) in [5, 5.41) is 3.42. The van der Waals surface area contributed by atoms with Crippen molar-refractivity contribution in [1.82, 2.24) is 10.2 Å². The third-order valence-corrected chi connectivity index (χ3v) is 8.42. The van der Waals surface area contributed by atoms with Gasteiger partial charge in [0.1, 0.15) is 11.7 Å². The molecule has 32 heavy (non-hydrogen) atoms. The van der Waals surface area contributed by atoms with Gasteiger partial charge < -0.3 is 15.1 Å². The number of rotatable bonds is 5. The number of benzene rings is 1. The SMILES string of the molecule is CCCCC1NC(=O)C2(CCN(C3CCCCCCCCC3)CC2)N1c1ccccc1C. The van der Waals surface area contributed by atoms with Crippen LogP contribution in [0.1, 0.15) is 102 Å². The van der Waals surface area contributed by atoms with Gasteiger partial charge in [0.05, 0.1) is 0 Å². The lowest BCUT2D eigenvalue weighted by Gasteiger charge is -2.47. The lowest BCUT2D eigenvalue weighted by Crippen LogP contribution is -2.58. The molecule has 1 spiro atoms. The highest BCUT2D eigenvalue weighted by atomic mass is 16.2. The molecule has 0 bridgehead atoms. The van der Waals surface area contributed by atoms with Gasteiger partial charge in [-0.2, -0.15) is 0 Å². The molecule has 1 aliphatic carbocycles. The van der Waals surface area contributed by atoms with E-state index in [1.165, 1.54) is 69.0 Å². The van der Waals surface area contributed by atoms with Crippen LogP contribution in [0.2, 0.25) is 0 Å². The molecule has 1 aromatic carbocycles. The molecule has 3 aliphatic rings. The standard InChI is InChI=1S/C28H45N3O/c1-3-4-18-26-29-27(32)28(31(26)25-17-13-12-14-23(25)2)19-21-30(22-20-28)24-15-10-8-6-5-7-9-11-16-24/h12-14,17,24,26H,3-11,15-16,18-22H2,1-2H3,(H,29,32). The molecule has 1 N–H and O–H groups in total. The minimum atomic E-state index is -0.378. The first-order valence-corrected chi connectivity index (χ1v) is 13.6. The zero-order chi connectivity index (χ0) is 22.4. The van der Waals surface area contributed by atoms with Crippen LogP contribution in [-0.2, 0) is 4.79 Å². The van der Waals surface area contributed by atoms with Crippen molar-refractivity contribution in [2.75, 3.05) is 18.0 Å². The lowest BCUT2D eigenvalue weighted by molar-refractivity contribution is -0.125. The number of nitrogens with one attached hydrogen (secondary N) is 1. The van der Waals surface area contributed by atoms with Crippen LogP contribution < -0.4 is 10.2 Å². The van der Waals surface area contributed by atoms with Crippen LogP contribution in [0.4, 0.5) is 5.69 Å². The van der Waals surface area contributed by atoms with Gasteiger partial charge in [-0.3, -0.25) is 4.79 Å². The van der Waals surface area contributed by atoms with E-state index in [1.54, 1.807) is 0 Å². The molecule has 1 unspecified atom stereocenters. The van der Waals surface area contributed by atoms with E-state index in [2.05, 4.69) is 53.2 Å². The topological polar surface area (TPSA) is 35.6 Å². The Morgan fingerprint density at radius 3 is 2.22 bits per heavy atom. The summed E-state index contributed by atoms with van der Waals surface area (Å²) in [5.41, 5.74) is 2.15. The average molecular weight is 440 g/mol. The van der Waals surface area contributed by atoms with Gasteiger partial charge in [-0.1, -0.05) is 76.5 Å². The highest BCUT2D eigenvalue weighted by molar-refractivity contribution is 5.94. The number of hydrogen-bond acceptors (Lipinski definition) is 3. The summed E-state index contributed by atoms with van der Waals surface area (Å²) in [6.45, 7) is 6.54. The maximum absolute atomic E-state index is 13.5. The molecule has 0 aromatic heterocycles. The Morgan fingerprint density at radius 1 is 0.969 bits per heavy atom. The van der Waals surface area contributed by atoms with Crippen molar-refractivity contribution in [3.8, 4) is 0 Å². The van der Waals surface area contributed by atoms with E-state index >= 15 is 0 Å². The maximum Gasteiger partial charge on any atom is 0.247 e. The molecule has 1 amide bonds. The van der Waals surface area contributed by atoms with Crippen LogP contribution in [0.25, 0.3) is 0 Å². The van der Waals surface area contributed by atoms with E-state index in [-0.39, 0.29) is 17.6 Å². The van der Waals surface area contributed by atoms with Crippen molar-refractivity contribution < 1.29 is 4.79 Å². The number of unbranched alkanes of at least 4 members (excludes halogenated alkanes) is 1. The van der Waals surface area contributed by atoms with Crippen LogP contribution in [0.15, 0.2) is 24.3 Å². The second-order valence-electron chi connectivity index (χ2n) is 10.6. The molecular formula is C28H45N3O. The highest BCUT2D eigenvalue weighted by Crippen LogP contribution is 2.41. The molecule has 1 aromatic rings. The fourth-order valence-electron chi connectivity index (χ4n) is 6.47. The van der Waals surface area contributed by atoms with Crippen molar-refractivity contribution >= 4 is 11.6 Å². The van der Waals surface area contributed by atoms with Gasteiger partial charge in [0.2, 0.25) is 5.91 Å². The van der Waals surface area contributed by atoms with Crippen molar-refractivity contribution in [2.45, 2.75) is 121 Å². The highest BCUT2D eigenvalue weighted by Gasteiger charge is 2.54. The molecule has 2 saturated heterocycles. The zero-order valence-corrected chi connectivity index (χ0v) is 20.6. The Morgan fingerprint density at radius 2 is 1.59 bits per heavy atom. The van der Waals surface area contributed by atoms with E-state index in [0.717, 1.165) is 51.2 Å². The number of hydrogen-bond donors (Lipinski definition) is 1. The molecule has 1 atom stereocenters. The Hall–Kier alpha value is -1.55. The molecule has 3 fully saturated rings. The molecule has 2 aliphatic heterocycles. The van der Waals surface area contributed by atoms with Crippen molar-refractivity contribution in [3.63, 3.8) is 0 Å². The maximum atomic E-state index is 13.5. The van der Waals surface area contributed by atoms with E-state index in [0.29, 0.717) is 0 Å². The lowest BCUT2D eigenvalue weighted by atomic mass is 9.83. The van der Waals surface area contributed by atoms with Crippen LogP contribution in [0.3, 0.4) is 0 Å². The summed E-state index contributed by atoms with van der Waals surface area (Å²) in [5.74, 6) is 0.271. The Balaban J connectivity index is 1.51. The van der Waals surface area contributed by atoms with Crippen molar-refractivity contribution in [1.29, 1.82) is 0 Å². The van der Waals surface area contributed by atoms with Gasteiger partial charge in [-0.05, 0) is 57.1 Å². The van der Waals surface area contributed by atoms with E-state index in [4.69, 9.17) is 0 Å². The number of carbonyl (C=O) groups excluding carboxylic acids is 1. The molecule has 4 heteroatoms. The van der Waals surface area contributed by atoms with E-state index in [9.17, 15) is 4.79 Å².